The molecule has 0 unspecified atom stereocenters. The Bertz CT molecular complexity index is 390. The van der Waals surface area contributed by atoms with Crippen LogP contribution in [0.3, 0.4) is 0 Å². The number of hydrogen-bond donors (Lipinski definition) is 0. The summed E-state index contributed by atoms with van der Waals surface area (Å²) in [6.07, 6.45) is 6.42. The van der Waals surface area contributed by atoms with Crippen molar-refractivity contribution in [3.05, 3.63) is 18.2 Å². The zero-order valence-corrected chi connectivity index (χ0v) is 10.1. The predicted octanol–water partition coefficient (Wildman–Crippen LogP) is 2.10. The first kappa shape index (κ1) is 11.2. The molecule has 1 aliphatic rings. The van der Waals surface area contributed by atoms with Gasteiger partial charge in [0.25, 0.3) is 0 Å². The molecule has 16 heavy (non-hydrogen) atoms. The van der Waals surface area contributed by atoms with Gasteiger partial charge in [-0.25, -0.2) is 9.78 Å². The molecule has 1 atom stereocenters. The van der Waals surface area contributed by atoms with Crippen LogP contribution in [0.1, 0.15) is 45.3 Å². The van der Waals surface area contributed by atoms with E-state index in [2.05, 4.69) is 4.98 Å². The van der Waals surface area contributed by atoms with Gasteiger partial charge in [-0.3, -0.25) is 0 Å². The molecule has 0 bridgehead atoms. The fourth-order valence-electron chi connectivity index (χ4n) is 2.02. The van der Waals surface area contributed by atoms with Crippen LogP contribution in [0.15, 0.2) is 12.5 Å². The van der Waals surface area contributed by atoms with Crippen molar-refractivity contribution in [2.45, 2.75) is 51.7 Å². The van der Waals surface area contributed by atoms with Gasteiger partial charge >= 0.3 is 5.97 Å². The SMILES string of the molecule is CC(C)(C)OC(=O)[C@@H]1CCCc2cncn21. The van der Waals surface area contributed by atoms with Crippen molar-refractivity contribution in [3.63, 3.8) is 0 Å². The smallest absolute Gasteiger partial charge is 0.329 e. The van der Waals surface area contributed by atoms with Crippen molar-refractivity contribution in [2.75, 3.05) is 0 Å². The van der Waals surface area contributed by atoms with Crippen LogP contribution in [0.2, 0.25) is 0 Å². The van der Waals surface area contributed by atoms with E-state index in [1.54, 1.807) is 6.33 Å². The number of carbonyl (C=O) groups excluding carboxylic acids is 1. The molecule has 4 heteroatoms. The van der Waals surface area contributed by atoms with E-state index in [1.165, 1.54) is 0 Å². The van der Waals surface area contributed by atoms with E-state index in [1.807, 2.05) is 31.5 Å². The van der Waals surface area contributed by atoms with E-state index in [-0.39, 0.29) is 12.0 Å². The molecule has 88 valence electrons. The molecule has 4 nitrogen and oxygen atoms in total. The first-order valence-corrected chi connectivity index (χ1v) is 5.71. The molecule has 0 amide bonds. The summed E-state index contributed by atoms with van der Waals surface area (Å²) in [4.78, 5) is 16.1. The minimum atomic E-state index is -0.421. The lowest BCUT2D eigenvalue weighted by Crippen LogP contribution is -2.32. The molecule has 0 fully saturated rings. The van der Waals surface area contributed by atoms with Gasteiger partial charge in [0.15, 0.2) is 0 Å². The molecular formula is C12H18N2O2. The van der Waals surface area contributed by atoms with E-state index >= 15 is 0 Å². The van der Waals surface area contributed by atoms with Crippen molar-refractivity contribution >= 4 is 5.97 Å². The molecule has 0 N–H and O–H groups in total. The van der Waals surface area contributed by atoms with Crippen LogP contribution in [0, 0.1) is 0 Å². The van der Waals surface area contributed by atoms with Crippen molar-refractivity contribution in [1.82, 2.24) is 9.55 Å². The number of hydrogen-bond acceptors (Lipinski definition) is 3. The Balaban J connectivity index is 2.15. The first-order valence-electron chi connectivity index (χ1n) is 5.71. The number of fused-ring (bicyclic) bond motifs is 1. The summed E-state index contributed by atoms with van der Waals surface area (Å²) in [6.45, 7) is 5.67. The Morgan fingerprint density at radius 1 is 1.56 bits per heavy atom. The zero-order chi connectivity index (χ0) is 11.8. The summed E-state index contributed by atoms with van der Waals surface area (Å²) in [5.74, 6) is -0.147. The third kappa shape index (κ3) is 2.26. The second-order valence-corrected chi connectivity index (χ2v) is 5.23. The van der Waals surface area contributed by atoms with Gasteiger partial charge in [-0.1, -0.05) is 0 Å². The van der Waals surface area contributed by atoms with E-state index < -0.39 is 5.60 Å². The van der Waals surface area contributed by atoms with Crippen LogP contribution >= 0.6 is 0 Å². The van der Waals surface area contributed by atoms with Gasteiger partial charge in [-0.05, 0) is 40.0 Å². The van der Waals surface area contributed by atoms with Crippen molar-refractivity contribution in [3.8, 4) is 0 Å². The molecule has 1 aromatic heterocycles. The molecule has 2 heterocycles. The van der Waals surface area contributed by atoms with Gasteiger partial charge in [-0.15, -0.1) is 0 Å². The number of aryl methyl sites for hydroxylation is 1. The van der Waals surface area contributed by atoms with Gasteiger partial charge < -0.3 is 9.30 Å². The second kappa shape index (κ2) is 3.92. The van der Waals surface area contributed by atoms with Gasteiger partial charge in [0.2, 0.25) is 0 Å². The van der Waals surface area contributed by atoms with Crippen LogP contribution in [0.4, 0.5) is 0 Å². The molecule has 2 rings (SSSR count). The normalized spacial score (nSPS) is 20.3. The van der Waals surface area contributed by atoms with Gasteiger partial charge in [-0.2, -0.15) is 0 Å². The van der Waals surface area contributed by atoms with Crippen LogP contribution in [0.5, 0.6) is 0 Å². The van der Waals surface area contributed by atoms with Crippen LogP contribution in [-0.2, 0) is 16.0 Å². The number of ether oxygens (including phenoxy) is 1. The maximum Gasteiger partial charge on any atom is 0.329 e. The van der Waals surface area contributed by atoms with Crippen LogP contribution in [0.25, 0.3) is 0 Å². The molecule has 0 aromatic carbocycles. The van der Waals surface area contributed by atoms with Crippen molar-refractivity contribution in [1.29, 1.82) is 0 Å². The molecule has 0 saturated carbocycles. The quantitative estimate of drug-likeness (QED) is 0.683. The van der Waals surface area contributed by atoms with Crippen LogP contribution in [-0.4, -0.2) is 21.1 Å². The maximum atomic E-state index is 12.0. The summed E-state index contributed by atoms with van der Waals surface area (Å²) < 4.78 is 7.36. The molecule has 1 aromatic rings. The molecule has 0 spiro atoms. The summed E-state index contributed by atoms with van der Waals surface area (Å²) in [5.41, 5.74) is 0.706. The summed E-state index contributed by atoms with van der Waals surface area (Å²) in [7, 11) is 0. The maximum absolute atomic E-state index is 12.0. The fourth-order valence-corrected chi connectivity index (χ4v) is 2.02. The lowest BCUT2D eigenvalue weighted by atomic mass is 10.0. The highest BCUT2D eigenvalue weighted by Gasteiger charge is 2.29. The highest BCUT2D eigenvalue weighted by molar-refractivity contribution is 5.75. The Labute approximate surface area is 95.6 Å². The Kier molecular flexibility index (Phi) is 2.74. The summed E-state index contributed by atoms with van der Waals surface area (Å²) in [6, 6.07) is -0.189. The lowest BCUT2D eigenvalue weighted by Gasteiger charge is -2.27. The Morgan fingerprint density at radius 3 is 3.00 bits per heavy atom. The van der Waals surface area contributed by atoms with Gasteiger partial charge in [0.1, 0.15) is 11.6 Å². The molecule has 1 aliphatic heterocycles. The Morgan fingerprint density at radius 2 is 2.31 bits per heavy atom. The number of rotatable bonds is 1. The van der Waals surface area contributed by atoms with E-state index in [0.717, 1.165) is 25.0 Å². The third-order valence-corrected chi connectivity index (χ3v) is 2.67. The van der Waals surface area contributed by atoms with Crippen molar-refractivity contribution in [2.24, 2.45) is 0 Å². The number of aromatic nitrogens is 2. The van der Waals surface area contributed by atoms with Gasteiger partial charge in [0.05, 0.1) is 6.33 Å². The minimum absolute atomic E-state index is 0.147. The van der Waals surface area contributed by atoms with E-state index in [9.17, 15) is 4.79 Å². The second-order valence-electron chi connectivity index (χ2n) is 5.23. The average Bonchev–Trinajstić information content (AvgIpc) is 2.61. The highest BCUT2D eigenvalue weighted by atomic mass is 16.6. The molecule has 0 aliphatic carbocycles. The molecule has 0 saturated heterocycles. The van der Waals surface area contributed by atoms with Crippen LogP contribution < -0.4 is 0 Å². The summed E-state index contributed by atoms with van der Waals surface area (Å²) >= 11 is 0. The zero-order valence-electron chi connectivity index (χ0n) is 10.1. The number of carbonyl (C=O) groups is 1. The first-order chi connectivity index (χ1) is 7.47. The van der Waals surface area contributed by atoms with Gasteiger partial charge in [0, 0.05) is 11.9 Å². The minimum Gasteiger partial charge on any atom is -0.458 e. The third-order valence-electron chi connectivity index (χ3n) is 2.67. The highest BCUT2D eigenvalue weighted by Crippen LogP contribution is 2.26. The number of nitrogens with zero attached hydrogens (tertiary/aromatic N) is 2. The number of esters is 1. The number of imidazole rings is 1. The van der Waals surface area contributed by atoms with E-state index in [0.29, 0.717) is 0 Å². The topological polar surface area (TPSA) is 44.1 Å². The lowest BCUT2D eigenvalue weighted by molar-refractivity contribution is -0.159. The largest absolute Gasteiger partial charge is 0.458 e. The predicted molar refractivity (Wildman–Crippen MR) is 60.0 cm³/mol. The summed E-state index contributed by atoms with van der Waals surface area (Å²) in [5, 5.41) is 0. The average molecular weight is 222 g/mol. The van der Waals surface area contributed by atoms with E-state index in [4.69, 9.17) is 4.74 Å². The monoisotopic (exact) mass is 222 g/mol. The molecular weight excluding hydrogens is 204 g/mol. The molecule has 0 radical (unpaired) electrons. The van der Waals surface area contributed by atoms with Crippen molar-refractivity contribution < 1.29 is 9.53 Å². The standard InChI is InChI=1S/C12H18N2O2/c1-12(2,3)16-11(15)10-6-4-5-9-7-13-8-14(9)10/h7-8,10H,4-6H2,1-3H3/t10-/m0/s1. The Hall–Kier alpha value is -1.32. The fraction of sp³-hybridized carbons (Fsp3) is 0.667.